The third-order valence-electron chi connectivity index (χ3n) is 2.90. The summed E-state index contributed by atoms with van der Waals surface area (Å²) >= 11 is 0. The highest BCUT2D eigenvalue weighted by atomic mass is 32.2. The number of hydrazone groups is 1. The number of benzene rings is 2. The average Bonchev–Trinajstić information content (AvgIpc) is 2.45. The van der Waals surface area contributed by atoms with Crippen LogP contribution in [0.3, 0.4) is 0 Å². The molecule has 0 aliphatic carbocycles. The Morgan fingerprint density at radius 2 is 1.77 bits per heavy atom. The molecule has 0 radical (unpaired) electrons. The van der Waals surface area contributed by atoms with Gasteiger partial charge in [0.1, 0.15) is 11.5 Å². The van der Waals surface area contributed by atoms with Gasteiger partial charge in [-0.2, -0.15) is 18.4 Å². The molecule has 0 aliphatic rings. The SMILES string of the molecule is CC(=NNS(=O)(=O)c1ccc(N)cc1)c1ccc(O)cc1O. The van der Waals surface area contributed by atoms with Crippen LogP contribution in [0.5, 0.6) is 11.5 Å². The highest BCUT2D eigenvalue weighted by Gasteiger charge is 2.13. The number of nitrogens with zero attached hydrogens (tertiary/aromatic N) is 1. The van der Waals surface area contributed by atoms with Crippen LogP contribution in [0.1, 0.15) is 12.5 Å². The third-order valence-corrected chi connectivity index (χ3v) is 4.12. The number of nitrogens with two attached hydrogens (primary N) is 1. The molecule has 0 amide bonds. The standard InChI is InChI=1S/C14H15N3O4S/c1-9(13-7-4-11(18)8-14(13)19)16-17-22(20,21)12-5-2-10(15)3-6-12/h2-8,17-19H,15H2,1H3. The minimum absolute atomic E-state index is 0.0215. The summed E-state index contributed by atoms with van der Waals surface area (Å²) in [4.78, 5) is 2.10. The summed E-state index contributed by atoms with van der Waals surface area (Å²) in [5.74, 6) is -0.301. The van der Waals surface area contributed by atoms with Gasteiger partial charge in [0.05, 0.1) is 10.6 Å². The lowest BCUT2D eigenvalue weighted by molar-refractivity contribution is 0.450. The van der Waals surface area contributed by atoms with Crippen LogP contribution in [0.2, 0.25) is 0 Å². The summed E-state index contributed by atoms with van der Waals surface area (Å²) in [7, 11) is -3.83. The predicted octanol–water partition coefficient (Wildman–Crippen LogP) is 1.38. The maximum atomic E-state index is 12.1. The molecule has 0 spiro atoms. The normalized spacial score (nSPS) is 12.1. The van der Waals surface area contributed by atoms with Gasteiger partial charge < -0.3 is 15.9 Å². The fourth-order valence-electron chi connectivity index (χ4n) is 1.71. The Kier molecular flexibility index (Phi) is 4.22. The molecular formula is C14H15N3O4S. The van der Waals surface area contributed by atoms with E-state index in [1.807, 2.05) is 0 Å². The molecule has 0 bridgehead atoms. The van der Waals surface area contributed by atoms with E-state index in [4.69, 9.17) is 5.73 Å². The lowest BCUT2D eigenvalue weighted by Crippen LogP contribution is -2.20. The first-order valence-electron chi connectivity index (χ1n) is 6.23. The van der Waals surface area contributed by atoms with Crippen molar-refractivity contribution in [3.05, 3.63) is 48.0 Å². The van der Waals surface area contributed by atoms with Crippen LogP contribution in [0.25, 0.3) is 0 Å². The van der Waals surface area contributed by atoms with Crippen molar-refractivity contribution >= 4 is 21.4 Å². The van der Waals surface area contributed by atoms with Crippen molar-refractivity contribution in [3.63, 3.8) is 0 Å². The zero-order valence-corrected chi connectivity index (χ0v) is 12.5. The number of nitrogen functional groups attached to an aromatic ring is 1. The van der Waals surface area contributed by atoms with Crippen LogP contribution in [0, 0.1) is 0 Å². The molecule has 8 heteroatoms. The second-order valence-corrected chi connectivity index (χ2v) is 6.22. The van der Waals surface area contributed by atoms with Gasteiger partial charge in [-0.25, -0.2) is 0 Å². The van der Waals surface area contributed by atoms with E-state index >= 15 is 0 Å². The van der Waals surface area contributed by atoms with E-state index in [1.54, 1.807) is 0 Å². The van der Waals surface area contributed by atoms with Gasteiger partial charge in [0, 0.05) is 17.3 Å². The van der Waals surface area contributed by atoms with Crippen molar-refractivity contribution in [1.29, 1.82) is 0 Å². The van der Waals surface area contributed by atoms with Crippen LogP contribution >= 0.6 is 0 Å². The number of hydrogen-bond acceptors (Lipinski definition) is 6. The lowest BCUT2D eigenvalue weighted by atomic mass is 10.1. The van der Waals surface area contributed by atoms with E-state index < -0.39 is 10.0 Å². The second kappa shape index (κ2) is 5.94. The molecule has 0 aromatic heterocycles. The van der Waals surface area contributed by atoms with Gasteiger partial charge in [-0.3, -0.25) is 0 Å². The van der Waals surface area contributed by atoms with Gasteiger partial charge in [-0.05, 0) is 43.3 Å². The maximum Gasteiger partial charge on any atom is 0.276 e. The van der Waals surface area contributed by atoms with Crippen molar-refractivity contribution in [1.82, 2.24) is 4.83 Å². The van der Waals surface area contributed by atoms with Crippen LogP contribution in [0.15, 0.2) is 52.5 Å². The molecule has 0 fully saturated rings. The first kappa shape index (κ1) is 15.6. The number of phenolic OH excluding ortho intramolecular Hbond substituents is 2. The summed E-state index contributed by atoms with van der Waals surface area (Å²) in [6, 6.07) is 9.60. The molecule has 7 nitrogen and oxygen atoms in total. The summed E-state index contributed by atoms with van der Waals surface area (Å²) in [5.41, 5.74) is 6.51. The fraction of sp³-hybridized carbons (Fsp3) is 0.0714. The molecule has 0 aliphatic heterocycles. The molecule has 2 aromatic carbocycles. The first-order chi connectivity index (χ1) is 10.3. The van der Waals surface area contributed by atoms with E-state index in [2.05, 4.69) is 9.93 Å². The largest absolute Gasteiger partial charge is 0.508 e. The van der Waals surface area contributed by atoms with E-state index in [9.17, 15) is 18.6 Å². The topological polar surface area (TPSA) is 125 Å². The maximum absolute atomic E-state index is 12.1. The van der Waals surface area contributed by atoms with Crippen molar-refractivity contribution in [3.8, 4) is 11.5 Å². The number of nitrogens with one attached hydrogen (secondary N) is 1. The van der Waals surface area contributed by atoms with Crippen LogP contribution in [0.4, 0.5) is 5.69 Å². The number of hydrogen-bond donors (Lipinski definition) is 4. The van der Waals surface area contributed by atoms with Crippen molar-refractivity contribution in [2.24, 2.45) is 5.10 Å². The molecule has 0 unspecified atom stereocenters. The van der Waals surface area contributed by atoms with E-state index in [0.29, 0.717) is 11.3 Å². The van der Waals surface area contributed by atoms with Crippen molar-refractivity contribution < 1.29 is 18.6 Å². The zero-order chi connectivity index (χ0) is 16.3. The van der Waals surface area contributed by atoms with Crippen LogP contribution < -0.4 is 10.6 Å². The van der Waals surface area contributed by atoms with Crippen LogP contribution in [-0.2, 0) is 10.0 Å². The van der Waals surface area contributed by atoms with Crippen molar-refractivity contribution in [2.45, 2.75) is 11.8 Å². The van der Waals surface area contributed by atoms with E-state index in [-0.39, 0.29) is 22.1 Å². The summed E-state index contributed by atoms with van der Waals surface area (Å²) in [6.45, 7) is 1.53. The Morgan fingerprint density at radius 3 is 2.36 bits per heavy atom. The highest BCUT2D eigenvalue weighted by molar-refractivity contribution is 7.89. The third kappa shape index (κ3) is 3.47. The molecule has 2 rings (SSSR count). The fourth-order valence-corrected chi connectivity index (χ4v) is 2.57. The molecule has 0 saturated heterocycles. The Balaban J connectivity index is 2.24. The van der Waals surface area contributed by atoms with Gasteiger partial charge in [0.25, 0.3) is 10.0 Å². The Hall–Kier alpha value is -2.74. The molecule has 0 saturated carbocycles. The van der Waals surface area contributed by atoms with Crippen LogP contribution in [-0.4, -0.2) is 24.3 Å². The highest BCUT2D eigenvalue weighted by Crippen LogP contribution is 2.23. The Labute approximate surface area is 127 Å². The molecule has 2 aromatic rings. The monoisotopic (exact) mass is 321 g/mol. The number of phenols is 2. The molecule has 116 valence electrons. The van der Waals surface area contributed by atoms with E-state index in [1.165, 1.54) is 43.3 Å². The smallest absolute Gasteiger partial charge is 0.276 e. The summed E-state index contributed by atoms with van der Waals surface area (Å²) in [6.07, 6.45) is 0. The molecule has 22 heavy (non-hydrogen) atoms. The van der Waals surface area contributed by atoms with Gasteiger partial charge in [-0.1, -0.05) is 0 Å². The lowest BCUT2D eigenvalue weighted by Gasteiger charge is -2.07. The Morgan fingerprint density at radius 1 is 1.14 bits per heavy atom. The van der Waals surface area contributed by atoms with Crippen molar-refractivity contribution in [2.75, 3.05) is 5.73 Å². The number of rotatable bonds is 4. The van der Waals surface area contributed by atoms with Gasteiger partial charge in [-0.15, -0.1) is 0 Å². The average molecular weight is 321 g/mol. The summed E-state index contributed by atoms with van der Waals surface area (Å²) in [5, 5.41) is 22.7. The zero-order valence-electron chi connectivity index (χ0n) is 11.7. The quantitative estimate of drug-likeness (QED) is 0.384. The minimum atomic E-state index is -3.83. The van der Waals surface area contributed by atoms with Gasteiger partial charge in [0.2, 0.25) is 0 Å². The number of anilines is 1. The Bertz CT molecular complexity index is 814. The molecule has 0 atom stereocenters. The summed E-state index contributed by atoms with van der Waals surface area (Å²) < 4.78 is 24.1. The first-order valence-corrected chi connectivity index (χ1v) is 7.72. The molecule has 0 heterocycles. The second-order valence-electron chi connectivity index (χ2n) is 4.56. The molecular weight excluding hydrogens is 306 g/mol. The molecule has 5 N–H and O–H groups in total. The predicted molar refractivity (Wildman–Crippen MR) is 83.2 cm³/mol. The van der Waals surface area contributed by atoms with E-state index in [0.717, 1.165) is 6.07 Å². The number of sulfonamides is 1. The van der Waals surface area contributed by atoms with Gasteiger partial charge in [0.15, 0.2) is 0 Å². The number of aromatic hydroxyl groups is 2. The van der Waals surface area contributed by atoms with Gasteiger partial charge >= 0.3 is 0 Å². The minimum Gasteiger partial charge on any atom is -0.508 e.